The molecule has 2 aliphatic rings. The highest BCUT2D eigenvalue weighted by molar-refractivity contribution is 5.96. The molecule has 1 fully saturated rings. The van der Waals surface area contributed by atoms with E-state index in [9.17, 15) is 9.59 Å². The number of carbonyl (C=O) groups excluding carboxylic acids is 2. The maximum absolute atomic E-state index is 12.3. The van der Waals surface area contributed by atoms with Gasteiger partial charge < -0.3 is 30.6 Å². The van der Waals surface area contributed by atoms with E-state index in [1.807, 2.05) is 43.3 Å². The first-order valence-electron chi connectivity index (χ1n) is 12.8. The summed E-state index contributed by atoms with van der Waals surface area (Å²) >= 11 is 0. The van der Waals surface area contributed by atoms with Crippen LogP contribution >= 0.6 is 0 Å². The van der Waals surface area contributed by atoms with Gasteiger partial charge in [-0.2, -0.15) is 0 Å². The van der Waals surface area contributed by atoms with Crippen LogP contribution < -0.4 is 30.6 Å². The number of nitrogens with zero attached hydrogens (tertiary/aromatic N) is 1. The van der Waals surface area contributed by atoms with Gasteiger partial charge in [0, 0.05) is 29.9 Å². The fourth-order valence-corrected chi connectivity index (χ4v) is 4.49. The minimum absolute atomic E-state index is 0.0175. The summed E-state index contributed by atoms with van der Waals surface area (Å²) in [4.78, 5) is 28.1. The van der Waals surface area contributed by atoms with Gasteiger partial charge in [-0.3, -0.25) is 9.59 Å². The van der Waals surface area contributed by atoms with Crippen LogP contribution in [-0.4, -0.2) is 36.7 Å². The molecule has 3 aromatic rings. The Bertz CT molecular complexity index is 1340. The molecule has 204 valence electrons. The van der Waals surface area contributed by atoms with Gasteiger partial charge in [0.05, 0.1) is 12.7 Å². The molecule has 1 atom stereocenters. The van der Waals surface area contributed by atoms with E-state index in [2.05, 4.69) is 22.2 Å². The van der Waals surface area contributed by atoms with Gasteiger partial charge >= 0.3 is 0 Å². The highest BCUT2D eigenvalue weighted by atomic mass is 16.7. The standard InChI is InChI=1S/C16H21NO2.C14H13N3O3/c1-11-6-4-7-13(10-11)17-16(18)14-8-5-9-15(19-3)12(14)2;15-13-4-2-10(7-16-13)14(18)17-6-9-1-3-11-12(5-9)20-8-19-11/h5,8-9,13H,1,4,6-7,10H2,2-3H3,(H,17,18);1-5,7H,6,8H2,(H2,15,16)(H,17,18). The largest absolute Gasteiger partial charge is 0.496 e. The minimum Gasteiger partial charge on any atom is -0.496 e. The highest BCUT2D eigenvalue weighted by Crippen LogP contribution is 2.32. The summed E-state index contributed by atoms with van der Waals surface area (Å²) in [7, 11) is 1.62. The van der Waals surface area contributed by atoms with Gasteiger partial charge in [-0.1, -0.05) is 24.3 Å². The third-order valence-electron chi connectivity index (χ3n) is 6.64. The number of anilines is 1. The van der Waals surface area contributed by atoms with Crippen molar-refractivity contribution in [2.75, 3.05) is 19.6 Å². The summed E-state index contributed by atoms with van der Waals surface area (Å²) in [6, 6.07) is 14.6. The van der Waals surface area contributed by atoms with Gasteiger partial charge in [0.1, 0.15) is 11.6 Å². The molecule has 9 nitrogen and oxygen atoms in total. The van der Waals surface area contributed by atoms with Crippen LogP contribution in [0.2, 0.25) is 0 Å². The van der Waals surface area contributed by atoms with Crippen molar-refractivity contribution in [2.24, 2.45) is 0 Å². The Morgan fingerprint density at radius 1 is 1.13 bits per heavy atom. The summed E-state index contributed by atoms with van der Waals surface area (Å²) in [6.45, 7) is 6.57. The van der Waals surface area contributed by atoms with Crippen molar-refractivity contribution in [1.29, 1.82) is 0 Å². The normalized spacial score (nSPS) is 15.5. The molecule has 39 heavy (non-hydrogen) atoms. The topological polar surface area (TPSA) is 125 Å². The molecule has 1 aliphatic carbocycles. The van der Waals surface area contributed by atoms with Crippen LogP contribution in [0.5, 0.6) is 17.2 Å². The number of rotatable bonds is 6. The molecule has 2 aromatic carbocycles. The number of amides is 2. The fourth-order valence-electron chi connectivity index (χ4n) is 4.49. The molecule has 9 heteroatoms. The molecular formula is C30H34N4O5. The number of nitrogens with two attached hydrogens (primary N) is 1. The van der Waals surface area contributed by atoms with Gasteiger partial charge in [0.15, 0.2) is 11.5 Å². The van der Waals surface area contributed by atoms with Gasteiger partial charge in [0.25, 0.3) is 11.8 Å². The van der Waals surface area contributed by atoms with Crippen LogP contribution in [0, 0.1) is 6.92 Å². The number of fused-ring (bicyclic) bond motifs is 1. The van der Waals surface area contributed by atoms with E-state index in [0.29, 0.717) is 29.2 Å². The number of nitrogens with one attached hydrogen (secondary N) is 2. The molecule has 4 N–H and O–H groups in total. The van der Waals surface area contributed by atoms with Crippen molar-refractivity contribution in [3.05, 3.63) is 89.1 Å². The first-order valence-corrected chi connectivity index (χ1v) is 12.8. The van der Waals surface area contributed by atoms with E-state index in [0.717, 1.165) is 48.3 Å². The predicted molar refractivity (Wildman–Crippen MR) is 149 cm³/mol. The number of methoxy groups -OCH3 is 1. The lowest BCUT2D eigenvalue weighted by atomic mass is 9.91. The number of hydrogen-bond donors (Lipinski definition) is 3. The summed E-state index contributed by atoms with van der Waals surface area (Å²) in [6.07, 6.45) is 5.58. The van der Waals surface area contributed by atoms with Crippen molar-refractivity contribution in [1.82, 2.24) is 15.6 Å². The number of carbonyl (C=O) groups is 2. The van der Waals surface area contributed by atoms with Crippen LogP contribution in [-0.2, 0) is 6.54 Å². The van der Waals surface area contributed by atoms with Gasteiger partial charge in [-0.05, 0) is 74.6 Å². The van der Waals surface area contributed by atoms with E-state index >= 15 is 0 Å². The van der Waals surface area contributed by atoms with Crippen molar-refractivity contribution in [3.63, 3.8) is 0 Å². The average molecular weight is 531 g/mol. The Morgan fingerprint density at radius 2 is 1.95 bits per heavy atom. The lowest BCUT2D eigenvalue weighted by Crippen LogP contribution is -2.36. The summed E-state index contributed by atoms with van der Waals surface area (Å²) in [5.41, 5.74) is 9.70. The summed E-state index contributed by atoms with van der Waals surface area (Å²) in [5, 5.41) is 5.91. The van der Waals surface area contributed by atoms with Crippen molar-refractivity contribution < 1.29 is 23.8 Å². The second kappa shape index (κ2) is 12.8. The third-order valence-corrected chi connectivity index (χ3v) is 6.64. The zero-order valence-corrected chi connectivity index (χ0v) is 22.3. The second-order valence-corrected chi connectivity index (χ2v) is 9.49. The average Bonchev–Trinajstić information content (AvgIpc) is 3.41. The van der Waals surface area contributed by atoms with Crippen LogP contribution in [0.3, 0.4) is 0 Å². The number of pyridine rings is 1. The monoisotopic (exact) mass is 530 g/mol. The Morgan fingerprint density at radius 3 is 2.69 bits per heavy atom. The molecule has 2 heterocycles. The SMILES string of the molecule is C=C1CCCC(NC(=O)c2cccc(OC)c2C)C1.Nc1ccc(C(=O)NCc2ccc3c(c2)OCO3)cn1. The van der Waals surface area contributed by atoms with Gasteiger partial charge in [0.2, 0.25) is 6.79 Å². The number of aromatic nitrogens is 1. The van der Waals surface area contributed by atoms with Crippen molar-refractivity contribution in [2.45, 2.75) is 45.2 Å². The second-order valence-electron chi connectivity index (χ2n) is 9.49. The van der Waals surface area contributed by atoms with E-state index in [-0.39, 0.29) is 24.6 Å². The van der Waals surface area contributed by atoms with Crippen LogP contribution in [0.15, 0.2) is 66.9 Å². The molecule has 1 unspecified atom stereocenters. The molecule has 1 aliphatic heterocycles. The molecule has 0 saturated heterocycles. The van der Waals surface area contributed by atoms with Crippen molar-refractivity contribution in [3.8, 4) is 17.2 Å². The maximum atomic E-state index is 12.3. The minimum atomic E-state index is -0.199. The molecule has 1 aromatic heterocycles. The Hall–Kier alpha value is -4.53. The quantitative estimate of drug-likeness (QED) is 0.399. The smallest absolute Gasteiger partial charge is 0.253 e. The zero-order valence-electron chi connectivity index (χ0n) is 22.3. The van der Waals surface area contributed by atoms with Crippen LogP contribution in [0.1, 0.15) is 57.5 Å². The molecule has 0 radical (unpaired) electrons. The van der Waals surface area contributed by atoms with Crippen LogP contribution in [0.25, 0.3) is 0 Å². The number of nitrogen functional groups attached to an aromatic ring is 1. The molecule has 1 saturated carbocycles. The first kappa shape index (κ1) is 27.5. The maximum Gasteiger partial charge on any atom is 0.253 e. The van der Waals surface area contributed by atoms with E-state index in [1.54, 1.807) is 19.2 Å². The highest BCUT2D eigenvalue weighted by Gasteiger charge is 2.20. The van der Waals surface area contributed by atoms with Gasteiger partial charge in [-0.15, -0.1) is 0 Å². The number of hydrogen-bond acceptors (Lipinski definition) is 7. The Balaban J connectivity index is 0.000000181. The Kier molecular flexibility index (Phi) is 9.04. The first-order chi connectivity index (χ1) is 18.8. The summed E-state index contributed by atoms with van der Waals surface area (Å²) in [5.74, 6) is 2.35. The molecular weight excluding hydrogens is 496 g/mol. The lowest BCUT2D eigenvalue weighted by Gasteiger charge is -2.25. The molecule has 5 rings (SSSR count). The van der Waals surface area contributed by atoms with E-state index in [1.165, 1.54) is 11.8 Å². The van der Waals surface area contributed by atoms with E-state index in [4.69, 9.17) is 19.9 Å². The van der Waals surface area contributed by atoms with Crippen molar-refractivity contribution >= 4 is 17.6 Å². The lowest BCUT2D eigenvalue weighted by molar-refractivity contribution is 0.0928. The predicted octanol–water partition coefficient (Wildman–Crippen LogP) is 4.55. The Labute approximate surface area is 228 Å². The molecule has 0 spiro atoms. The van der Waals surface area contributed by atoms with Crippen LogP contribution in [0.4, 0.5) is 5.82 Å². The zero-order chi connectivity index (χ0) is 27.8. The molecule has 0 bridgehead atoms. The third kappa shape index (κ3) is 7.28. The fraction of sp³-hybridized carbons (Fsp3) is 0.300. The number of ether oxygens (including phenoxy) is 3. The van der Waals surface area contributed by atoms with Gasteiger partial charge in [-0.25, -0.2) is 4.98 Å². The molecule has 2 amide bonds. The summed E-state index contributed by atoms with van der Waals surface area (Å²) < 4.78 is 15.8. The van der Waals surface area contributed by atoms with E-state index < -0.39 is 0 Å². The number of benzene rings is 2.